The van der Waals surface area contributed by atoms with Gasteiger partial charge in [-0.15, -0.1) is 0 Å². The summed E-state index contributed by atoms with van der Waals surface area (Å²) >= 11 is 0. The van der Waals surface area contributed by atoms with Crippen molar-refractivity contribution < 1.29 is 28.6 Å². The molecule has 0 N–H and O–H groups in total. The van der Waals surface area contributed by atoms with Crippen LogP contribution in [0.5, 0.6) is 0 Å². The van der Waals surface area contributed by atoms with Crippen LogP contribution in [0.2, 0.25) is 0 Å². The normalized spacial score (nSPS) is 12.1. The van der Waals surface area contributed by atoms with Gasteiger partial charge in [-0.05, 0) is 38.5 Å². The van der Waals surface area contributed by atoms with Crippen LogP contribution in [0.15, 0.2) is 24.3 Å². The first-order valence-corrected chi connectivity index (χ1v) is 28.3. The summed E-state index contributed by atoms with van der Waals surface area (Å²) in [5.41, 5.74) is 0. The van der Waals surface area contributed by atoms with Crippen molar-refractivity contribution in [2.24, 2.45) is 0 Å². The molecule has 6 heteroatoms. The molecule has 0 saturated carbocycles. The Labute approximate surface area is 398 Å². The minimum atomic E-state index is -0.788. The third kappa shape index (κ3) is 50.9. The summed E-state index contributed by atoms with van der Waals surface area (Å²) in [6, 6.07) is 0. The molecule has 0 bridgehead atoms. The van der Waals surface area contributed by atoms with Crippen LogP contribution in [-0.4, -0.2) is 37.2 Å². The lowest BCUT2D eigenvalue weighted by molar-refractivity contribution is -0.166. The van der Waals surface area contributed by atoms with Gasteiger partial charge in [0, 0.05) is 19.3 Å². The van der Waals surface area contributed by atoms with E-state index in [1.165, 1.54) is 212 Å². The number of unbranched alkanes of at least 4 members (excludes halogenated alkanes) is 37. The van der Waals surface area contributed by atoms with E-state index in [2.05, 4.69) is 39.0 Å². The lowest BCUT2D eigenvalue weighted by atomic mass is 10.0. The maximum absolute atomic E-state index is 12.8. The third-order valence-electron chi connectivity index (χ3n) is 12.7. The van der Waals surface area contributed by atoms with Crippen molar-refractivity contribution in [1.29, 1.82) is 0 Å². The quantitative estimate of drug-likeness (QED) is 0.0262. The summed E-state index contributed by atoms with van der Waals surface area (Å²) in [7, 11) is 0. The summed E-state index contributed by atoms with van der Waals surface area (Å²) < 4.78 is 16.8. The van der Waals surface area contributed by atoms with E-state index in [0.717, 1.165) is 51.4 Å². The van der Waals surface area contributed by atoms with Crippen molar-refractivity contribution >= 4 is 17.9 Å². The molecule has 0 aromatic heterocycles. The summed E-state index contributed by atoms with van der Waals surface area (Å²) in [6.07, 6.45) is 61.8. The van der Waals surface area contributed by atoms with E-state index in [0.29, 0.717) is 19.3 Å². The molecule has 0 fully saturated rings. The minimum Gasteiger partial charge on any atom is -0.462 e. The second-order valence-electron chi connectivity index (χ2n) is 19.2. The maximum Gasteiger partial charge on any atom is 0.306 e. The van der Waals surface area contributed by atoms with Crippen molar-refractivity contribution in [1.82, 2.24) is 0 Å². The van der Waals surface area contributed by atoms with Crippen LogP contribution in [0.1, 0.15) is 310 Å². The number of ether oxygens (including phenoxy) is 3. The fourth-order valence-electron chi connectivity index (χ4n) is 8.44. The number of carbonyl (C=O) groups excluding carboxylic acids is 3. The van der Waals surface area contributed by atoms with Gasteiger partial charge in [-0.3, -0.25) is 14.4 Å². The molecule has 0 aromatic rings. The molecule has 0 saturated heterocycles. The minimum absolute atomic E-state index is 0.0826. The van der Waals surface area contributed by atoms with E-state index in [9.17, 15) is 14.4 Å². The van der Waals surface area contributed by atoms with Crippen LogP contribution in [0, 0.1) is 0 Å². The van der Waals surface area contributed by atoms with Crippen LogP contribution in [-0.2, 0) is 28.6 Å². The molecule has 0 aromatic carbocycles. The zero-order valence-electron chi connectivity index (χ0n) is 43.1. The predicted octanol–water partition coefficient (Wildman–Crippen LogP) is 18.7. The van der Waals surface area contributed by atoms with E-state index < -0.39 is 6.10 Å². The third-order valence-corrected chi connectivity index (χ3v) is 12.7. The number of allylic oxidation sites excluding steroid dienone is 4. The molecule has 1 unspecified atom stereocenters. The van der Waals surface area contributed by atoms with Crippen molar-refractivity contribution in [2.75, 3.05) is 13.2 Å². The van der Waals surface area contributed by atoms with Crippen LogP contribution < -0.4 is 0 Å². The van der Waals surface area contributed by atoms with Crippen molar-refractivity contribution in [3.63, 3.8) is 0 Å². The molecule has 0 spiro atoms. The molecule has 0 aliphatic rings. The lowest BCUT2D eigenvalue weighted by Crippen LogP contribution is -2.30. The average molecular weight is 901 g/mol. The topological polar surface area (TPSA) is 78.9 Å². The first-order valence-electron chi connectivity index (χ1n) is 28.3. The molecule has 0 rings (SSSR count). The largest absolute Gasteiger partial charge is 0.462 e. The Bertz CT molecular complexity index is 1040. The first kappa shape index (κ1) is 61.9. The Morgan fingerprint density at radius 3 is 0.953 bits per heavy atom. The van der Waals surface area contributed by atoms with Crippen molar-refractivity contribution in [3.05, 3.63) is 24.3 Å². The van der Waals surface area contributed by atoms with Crippen molar-refractivity contribution in [3.8, 4) is 0 Å². The van der Waals surface area contributed by atoms with Crippen LogP contribution in [0.25, 0.3) is 0 Å². The molecule has 6 nitrogen and oxygen atoms in total. The average Bonchev–Trinajstić information content (AvgIpc) is 3.29. The highest BCUT2D eigenvalue weighted by atomic mass is 16.6. The van der Waals surface area contributed by atoms with Gasteiger partial charge >= 0.3 is 17.9 Å². The van der Waals surface area contributed by atoms with Crippen LogP contribution in [0.3, 0.4) is 0 Å². The summed E-state index contributed by atoms with van der Waals surface area (Å²) in [5.74, 6) is -0.933. The molecule has 0 aliphatic heterocycles. The van der Waals surface area contributed by atoms with Gasteiger partial charge in [-0.1, -0.05) is 276 Å². The fourth-order valence-corrected chi connectivity index (χ4v) is 8.44. The van der Waals surface area contributed by atoms with Gasteiger partial charge in [-0.2, -0.15) is 0 Å². The molecule has 376 valence electrons. The Kier molecular flexibility index (Phi) is 51.7. The predicted molar refractivity (Wildman–Crippen MR) is 275 cm³/mol. The Morgan fingerprint density at radius 2 is 0.594 bits per heavy atom. The Balaban J connectivity index is 4.36. The van der Waals surface area contributed by atoms with E-state index >= 15 is 0 Å². The second-order valence-corrected chi connectivity index (χ2v) is 19.2. The summed E-state index contributed by atoms with van der Waals surface area (Å²) in [4.78, 5) is 38.0. The standard InChI is InChI=1S/C58H108O6/c1-4-7-10-13-16-19-22-25-27-29-31-33-36-39-42-45-48-51-57(60)63-54-55(53-62-56(59)50-47-44-41-38-35-32-24-21-18-15-12-9-6-3)64-58(61)52-49-46-43-40-37-34-30-28-26-23-20-17-14-11-8-5-2/h32,35,41,44,55H,4-31,33-34,36-40,42-43,45-54H2,1-3H3/b35-32-,44-41-. The number of esters is 3. The molecule has 0 aliphatic carbocycles. The molecule has 0 amide bonds. The van der Waals surface area contributed by atoms with Gasteiger partial charge in [0.1, 0.15) is 13.2 Å². The molecule has 64 heavy (non-hydrogen) atoms. The first-order chi connectivity index (χ1) is 31.5. The van der Waals surface area contributed by atoms with E-state index in [1.54, 1.807) is 0 Å². The van der Waals surface area contributed by atoms with E-state index in [1.807, 2.05) is 6.08 Å². The fraction of sp³-hybridized carbons (Fsp3) is 0.879. The molecular formula is C58H108O6. The number of carbonyl (C=O) groups is 3. The lowest BCUT2D eigenvalue weighted by Gasteiger charge is -2.18. The number of rotatable bonds is 52. The summed E-state index contributed by atoms with van der Waals surface area (Å²) in [5, 5.41) is 0. The molecule has 0 radical (unpaired) electrons. The highest BCUT2D eigenvalue weighted by Gasteiger charge is 2.19. The maximum atomic E-state index is 12.8. The van der Waals surface area contributed by atoms with Crippen molar-refractivity contribution in [2.45, 2.75) is 316 Å². The van der Waals surface area contributed by atoms with Gasteiger partial charge in [0.05, 0.1) is 0 Å². The van der Waals surface area contributed by atoms with Gasteiger partial charge in [0.2, 0.25) is 0 Å². The highest BCUT2D eigenvalue weighted by molar-refractivity contribution is 5.71. The number of hydrogen-bond acceptors (Lipinski definition) is 6. The molecular weight excluding hydrogens is 793 g/mol. The van der Waals surface area contributed by atoms with E-state index in [4.69, 9.17) is 14.2 Å². The van der Waals surface area contributed by atoms with Gasteiger partial charge in [-0.25, -0.2) is 0 Å². The highest BCUT2D eigenvalue weighted by Crippen LogP contribution is 2.17. The molecule has 1 atom stereocenters. The zero-order chi connectivity index (χ0) is 46.5. The Morgan fingerprint density at radius 1 is 0.312 bits per heavy atom. The Hall–Kier alpha value is -2.11. The second kappa shape index (κ2) is 53.5. The SMILES string of the molecule is CCCCCCCC/C=C\C/C=C\CCC(=O)OCC(COC(=O)CCCCCCCCCCCCCCCCCCC)OC(=O)CCCCCCCCCCCCCCCCCC. The smallest absolute Gasteiger partial charge is 0.306 e. The molecule has 0 heterocycles. The summed E-state index contributed by atoms with van der Waals surface area (Å²) in [6.45, 7) is 6.63. The number of hydrogen-bond donors (Lipinski definition) is 0. The van der Waals surface area contributed by atoms with Gasteiger partial charge < -0.3 is 14.2 Å². The van der Waals surface area contributed by atoms with Gasteiger partial charge in [0.15, 0.2) is 6.10 Å². The monoisotopic (exact) mass is 901 g/mol. The van der Waals surface area contributed by atoms with E-state index in [-0.39, 0.29) is 37.5 Å². The van der Waals surface area contributed by atoms with Gasteiger partial charge in [0.25, 0.3) is 0 Å². The van der Waals surface area contributed by atoms with Crippen LogP contribution in [0.4, 0.5) is 0 Å². The van der Waals surface area contributed by atoms with Crippen LogP contribution >= 0.6 is 0 Å². The zero-order valence-corrected chi connectivity index (χ0v) is 43.1.